The quantitative estimate of drug-likeness (QED) is 0.853. The summed E-state index contributed by atoms with van der Waals surface area (Å²) in [6.07, 6.45) is -3.15. The Morgan fingerprint density at radius 3 is 2.81 bits per heavy atom. The fourth-order valence-corrected chi connectivity index (χ4v) is 3.43. The summed E-state index contributed by atoms with van der Waals surface area (Å²) in [7, 11) is 0. The Morgan fingerprint density at radius 2 is 2.15 bits per heavy atom. The van der Waals surface area contributed by atoms with Crippen molar-refractivity contribution in [2.45, 2.75) is 18.6 Å². The number of rotatable bonds is 3. The molecule has 2 N–H and O–H groups in total. The second kappa shape index (κ2) is 7.40. The van der Waals surface area contributed by atoms with E-state index in [0.717, 1.165) is 0 Å². The maximum absolute atomic E-state index is 13.4. The number of piperidine rings is 1. The molecular weight excluding hydrogens is 361 g/mol. The number of amides is 1. The normalized spacial score (nSPS) is 20.3. The molecule has 6 nitrogen and oxygen atoms in total. The number of benzene rings is 1. The highest BCUT2D eigenvalue weighted by molar-refractivity contribution is 5.95. The van der Waals surface area contributed by atoms with Crippen molar-refractivity contribution in [1.82, 2.24) is 10.3 Å². The van der Waals surface area contributed by atoms with Gasteiger partial charge in [-0.3, -0.25) is 9.78 Å². The van der Waals surface area contributed by atoms with Crippen molar-refractivity contribution in [3.8, 4) is 6.07 Å². The summed E-state index contributed by atoms with van der Waals surface area (Å²) in [6.45, 7) is -0.879. The fraction of sp³-hybridized carbons (Fsp3) is 0.389. The van der Waals surface area contributed by atoms with Gasteiger partial charge in [0.1, 0.15) is 12.7 Å². The van der Waals surface area contributed by atoms with Crippen LogP contribution < -0.4 is 10.2 Å². The van der Waals surface area contributed by atoms with Crippen molar-refractivity contribution in [2.24, 2.45) is 5.92 Å². The Hall–Kier alpha value is -2.86. The number of pyridine rings is 1. The number of anilines is 1. The first-order valence-corrected chi connectivity index (χ1v) is 8.33. The third-order valence-electron chi connectivity index (χ3n) is 4.63. The van der Waals surface area contributed by atoms with Crippen molar-refractivity contribution in [2.75, 3.05) is 24.6 Å². The summed E-state index contributed by atoms with van der Waals surface area (Å²) in [4.78, 5) is 17.2. The minimum atomic E-state index is -4.42. The van der Waals surface area contributed by atoms with E-state index in [4.69, 9.17) is 5.11 Å². The number of aliphatic hydroxyl groups is 1. The van der Waals surface area contributed by atoms with Crippen LogP contribution >= 0.6 is 0 Å². The number of carbonyl (C=O) groups excluding carboxylic acids is 1. The zero-order valence-electron chi connectivity index (χ0n) is 14.2. The second-order valence-electron chi connectivity index (χ2n) is 6.45. The topological polar surface area (TPSA) is 89.2 Å². The highest BCUT2D eigenvalue weighted by Crippen LogP contribution is 2.37. The molecule has 0 aliphatic carbocycles. The monoisotopic (exact) mass is 378 g/mol. The number of nitrogens with zero attached hydrogens (tertiary/aromatic N) is 3. The third-order valence-corrected chi connectivity index (χ3v) is 4.63. The standard InChI is InChI=1S/C18H17F3N4O2/c19-18(20,21)12-6-13(24-16(27)10-26)9-25(8-12)15-4-3-11(7-22)17-14(15)2-1-5-23-17/h1-5,12-13,26H,6,8-10H2,(H,24,27)/t12-,13+/m0/s1. The Kier molecular flexibility index (Phi) is 5.19. The number of aliphatic hydroxyl groups excluding tert-OH is 1. The smallest absolute Gasteiger partial charge is 0.387 e. The molecule has 0 radical (unpaired) electrons. The van der Waals surface area contributed by atoms with Crippen molar-refractivity contribution < 1.29 is 23.1 Å². The van der Waals surface area contributed by atoms with Crippen LogP contribution in [0.3, 0.4) is 0 Å². The van der Waals surface area contributed by atoms with Gasteiger partial charge >= 0.3 is 6.18 Å². The number of nitriles is 1. The van der Waals surface area contributed by atoms with Crippen LogP contribution in [0.15, 0.2) is 30.5 Å². The number of aromatic nitrogens is 1. The summed E-state index contributed by atoms with van der Waals surface area (Å²) >= 11 is 0. The molecule has 0 bridgehead atoms. The Bertz CT molecular complexity index is 894. The van der Waals surface area contributed by atoms with Gasteiger partial charge in [0.25, 0.3) is 0 Å². The molecular formula is C18H17F3N4O2. The van der Waals surface area contributed by atoms with Gasteiger partial charge in [-0.25, -0.2) is 0 Å². The average Bonchev–Trinajstić information content (AvgIpc) is 2.66. The van der Waals surface area contributed by atoms with E-state index in [-0.39, 0.29) is 19.5 Å². The largest absolute Gasteiger partial charge is 0.393 e. The summed E-state index contributed by atoms with van der Waals surface area (Å²) in [5.41, 5.74) is 1.28. The van der Waals surface area contributed by atoms with Gasteiger partial charge in [-0.05, 0) is 30.7 Å². The van der Waals surface area contributed by atoms with Gasteiger partial charge < -0.3 is 15.3 Å². The molecule has 1 fully saturated rings. The van der Waals surface area contributed by atoms with Crippen LogP contribution in [0.5, 0.6) is 0 Å². The van der Waals surface area contributed by atoms with E-state index in [1.54, 1.807) is 23.1 Å². The minimum absolute atomic E-state index is 0.161. The molecule has 142 valence electrons. The zero-order chi connectivity index (χ0) is 19.6. The predicted octanol–water partition coefficient (Wildman–Crippen LogP) is 1.97. The van der Waals surface area contributed by atoms with Crippen molar-refractivity contribution in [1.29, 1.82) is 5.26 Å². The van der Waals surface area contributed by atoms with E-state index < -0.39 is 30.7 Å². The Labute approximate surface area is 153 Å². The number of carbonyl (C=O) groups is 1. The summed E-state index contributed by atoms with van der Waals surface area (Å²) in [6, 6.07) is 7.77. The first-order valence-electron chi connectivity index (χ1n) is 8.33. The van der Waals surface area contributed by atoms with Crippen LogP contribution in [-0.4, -0.2) is 47.9 Å². The lowest BCUT2D eigenvalue weighted by atomic mass is 9.92. The molecule has 1 aliphatic heterocycles. The predicted molar refractivity (Wildman–Crippen MR) is 91.8 cm³/mol. The van der Waals surface area contributed by atoms with Crippen LogP contribution in [0.2, 0.25) is 0 Å². The van der Waals surface area contributed by atoms with Gasteiger partial charge in [0.2, 0.25) is 5.91 Å². The molecule has 1 aromatic heterocycles. The molecule has 0 saturated carbocycles. The van der Waals surface area contributed by atoms with Gasteiger partial charge in [-0.2, -0.15) is 18.4 Å². The van der Waals surface area contributed by atoms with Crippen LogP contribution in [0.4, 0.5) is 18.9 Å². The molecule has 27 heavy (non-hydrogen) atoms. The van der Waals surface area contributed by atoms with Crippen LogP contribution in [0.25, 0.3) is 10.9 Å². The van der Waals surface area contributed by atoms with Crippen LogP contribution in [-0.2, 0) is 4.79 Å². The van der Waals surface area contributed by atoms with Gasteiger partial charge in [-0.1, -0.05) is 0 Å². The maximum atomic E-state index is 13.4. The molecule has 1 aliphatic rings. The minimum Gasteiger partial charge on any atom is -0.387 e. The van der Waals surface area contributed by atoms with E-state index in [2.05, 4.69) is 10.3 Å². The SMILES string of the molecule is N#Cc1ccc(N2C[C@H](NC(=O)CO)C[C@H](C(F)(F)F)C2)c2cccnc12. The lowest BCUT2D eigenvalue weighted by molar-refractivity contribution is -0.178. The van der Waals surface area contributed by atoms with E-state index in [0.29, 0.717) is 22.2 Å². The average molecular weight is 378 g/mol. The molecule has 1 amide bonds. The number of hydrogen-bond acceptors (Lipinski definition) is 5. The number of alkyl halides is 3. The molecule has 2 aromatic rings. The zero-order valence-corrected chi connectivity index (χ0v) is 14.2. The van der Waals surface area contributed by atoms with Crippen LogP contribution in [0, 0.1) is 17.2 Å². The first kappa shape index (κ1) is 18.9. The molecule has 2 heterocycles. The summed E-state index contributed by atoms with van der Waals surface area (Å²) in [5.74, 6) is -2.34. The molecule has 3 rings (SSSR count). The molecule has 1 aromatic carbocycles. The molecule has 0 spiro atoms. The highest BCUT2D eigenvalue weighted by Gasteiger charge is 2.45. The van der Waals surface area contributed by atoms with Crippen molar-refractivity contribution in [3.05, 3.63) is 36.0 Å². The fourth-order valence-electron chi connectivity index (χ4n) is 3.43. The molecule has 1 saturated heterocycles. The number of nitrogens with one attached hydrogen (secondary N) is 1. The Morgan fingerprint density at radius 1 is 1.37 bits per heavy atom. The molecule has 2 atom stereocenters. The van der Waals surface area contributed by atoms with Gasteiger partial charge in [0.15, 0.2) is 0 Å². The van der Waals surface area contributed by atoms with Crippen LogP contribution in [0.1, 0.15) is 12.0 Å². The van der Waals surface area contributed by atoms with E-state index in [9.17, 15) is 23.2 Å². The summed E-state index contributed by atoms with van der Waals surface area (Å²) < 4.78 is 40.2. The maximum Gasteiger partial charge on any atom is 0.393 e. The van der Waals surface area contributed by atoms with Gasteiger partial charge in [0.05, 0.1) is 17.0 Å². The number of fused-ring (bicyclic) bond motifs is 1. The Balaban J connectivity index is 2.00. The molecule has 9 heteroatoms. The lowest BCUT2D eigenvalue weighted by Gasteiger charge is -2.40. The summed E-state index contributed by atoms with van der Waals surface area (Å²) in [5, 5.41) is 21.1. The van der Waals surface area contributed by atoms with Crippen molar-refractivity contribution >= 4 is 22.5 Å². The number of halogens is 3. The van der Waals surface area contributed by atoms with E-state index in [1.807, 2.05) is 6.07 Å². The first-order chi connectivity index (χ1) is 12.8. The lowest BCUT2D eigenvalue weighted by Crippen LogP contribution is -2.54. The van der Waals surface area contributed by atoms with Gasteiger partial charge in [0, 0.05) is 36.4 Å². The molecule has 0 unspecified atom stereocenters. The van der Waals surface area contributed by atoms with E-state index in [1.165, 1.54) is 12.3 Å². The second-order valence-corrected chi connectivity index (χ2v) is 6.45. The van der Waals surface area contributed by atoms with Crippen molar-refractivity contribution in [3.63, 3.8) is 0 Å². The number of hydrogen-bond donors (Lipinski definition) is 2. The highest BCUT2D eigenvalue weighted by atomic mass is 19.4. The third kappa shape index (κ3) is 3.95. The van der Waals surface area contributed by atoms with E-state index >= 15 is 0 Å². The van der Waals surface area contributed by atoms with Gasteiger partial charge in [-0.15, -0.1) is 0 Å².